The van der Waals surface area contributed by atoms with Crippen LogP contribution in [0.3, 0.4) is 0 Å². The zero-order valence-corrected chi connectivity index (χ0v) is 14.8. The van der Waals surface area contributed by atoms with Gasteiger partial charge >= 0.3 is 30.3 Å². The normalized spacial score (nSPS) is 15.7. The summed E-state index contributed by atoms with van der Waals surface area (Å²) in [5.41, 5.74) is -0.0273. The molecular formula is C15H16F6N2O7. The van der Waals surface area contributed by atoms with Gasteiger partial charge in [0.15, 0.2) is 11.4 Å². The number of aliphatic carboxylic acids is 2. The standard InChI is InChI=1S/C11H14N2O3.2C2HF3O2/c14-11(15)10-9(4-2-6-13-10)16-7-8-3-1-5-12-8;2*3-2(4,5)1(6)7/h2,4,6,8,12H,1,3,5,7H2,(H,14,15);2*(H,6,7). The Hall–Kier alpha value is -3.10. The van der Waals surface area contributed by atoms with Crippen LogP contribution in [0, 0.1) is 0 Å². The summed E-state index contributed by atoms with van der Waals surface area (Å²) >= 11 is 0. The molecule has 2 rings (SSSR count). The van der Waals surface area contributed by atoms with Crippen molar-refractivity contribution in [2.45, 2.75) is 31.2 Å². The Morgan fingerprint density at radius 2 is 1.57 bits per heavy atom. The van der Waals surface area contributed by atoms with E-state index in [0.29, 0.717) is 18.4 Å². The quantitative estimate of drug-likeness (QED) is 0.507. The predicted molar refractivity (Wildman–Crippen MR) is 85.1 cm³/mol. The van der Waals surface area contributed by atoms with Crippen LogP contribution in [0.5, 0.6) is 5.75 Å². The van der Waals surface area contributed by atoms with E-state index in [1.807, 2.05) is 0 Å². The number of rotatable bonds is 4. The third-order valence-electron chi connectivity index (χ3n) is 3.06. The number of carboxylic acids is 3. The number of hydrogen-bond donors (Lipinski definition) is 4. The van der Waals surface area contributed by atoms with Crippen LogP contribution in [0.4, 0.5) is 26.3 Å². The van der Waals surface area contributed by atoms with Crippen molar-refractivity contribution in [3.8, 4) is 5.75 Å². The van der Waals surface area contributed by atoms with Crippen molar-refractivity contribution in [1.82, 2.24) is 10.3 Å². The first-order chi connectivity index (χ1) is 13.7. The summed E-state index contributed by atoms with van der Waals surface area (Å²) in [5, 5.41) is 26.4. The first kappa shape index (κ1) is 26.9. The van der Waals surface area contributed by atoms with Gasteiger partial charge in [-0.3, -0.25) is 0 Å². The molecule has 0 bridgehead atoms. The van der Waals surface area contributed by atoms with Crippen LogP contribution in [0.25, 0.3) is 0 Å². The minimum Gasteiger partial charge on any atom is -0.489 e. The average Bonchev–Trinajstić information content (AvgIpc) is 3.13. The van der Waals surface area contributed by atoms with E-state index in [0.717, 1.165) is 19.4 Å². The van der Waals surface area contributed by atoms with Crippen molar-refractivity contribution in [3.63, 3.8) is 0 Å². The highest BCUT2D eigenvalue weighted by Gasteiger charge is 2.38. The first-order valence-electron chi connectivity index (χ1n) is 7.81. The third-order valence-corrected chi connectivity index (χ3v) is 3.06. The van der Waals surface area contributed by atoms with Gasteiger partial charge in [-0.2, -0.15) is 26.3 Å². The molecule has 0 amide bonds. The Morgan fingerprint density at radius 1 is 1.07 bits per heavy atom. The largest absolute Gasteiger partial charge is 0.490 e. The second-order valence-electron chi connectivity index (χ2n) is 5.37. The number of alkyl halides is 6. The molecule has 0 aromatic carbocycles. The van der Waals surface area contributed by atoms with Gasteiger partial charge in [-0.05, 0) is 31.5 Å². The van der Waals surface area contributed by atoms with Crippen molar-refractivity contribution in [3.05, 3.63) is 24.0 Å². The fourth-order valence-corrected chi connectivity index (χ4v) is 1.76. The van der Waals surface area contributed by atoms with E-state index in [1.165, 1.54) is 6.20 Å². The third kappa shape index (κ3) is 11.0. The van der Waals surface area contributed by atoms with E-state index in [9.17, 15) is 31.1 Å². The van der Waals surface area contributed by atoms with Gasteiger partial charge in [0, 0.05) is 12.2 Å². The van der Waals surface area contributed by atoms with Gasteiger partial charge in [0.1, 0.15) is 6.61 Å². The van der Waals surface area contributed by atoms with Gasteiger partial charge in [-0.15, -0.1) is 0 Å². The van der Waals surface area contributed by atoms with E-state index in [2.05, 4.69) is 10.3 Å². The Bertz CT molecular complexity index is 694. The molecule has 4 N–H and O–H groups in total. The number of nitrogens with zero attached hydrogens (tertiary/aromatic N) is 1. The molecule has 30 heavy (non-hydrogen) atoms. The summed E-state index contributed by atoms with van der Waals surface area (Å²) in [6.07, 6.45) is -6.50. The lowest BCUT2D eigenvalue weighted by Gasteiger charge is -2.12. The number of hydrogen-bond acceptors (Lipinski definition) is 6. The topological polar surface area (TPSA) is 146 Å². The molecule has 9 nitrogen and oxygen atoms in total. The molecule has 1 atom stereocenters. The number of carbonyl (C=O) groups is 3. The molecule has 1 aliphatic rings. The van der Waals surface area contributed by atoms with Crippen molar-refractivity contribution < 1.29 is 60.8 Å². The number of carboxylic acid groups (broad SMARTS) is 3. The maximum atomic E-state index is 10.9. The zero-order chi connectivity index (χ0) is 23.5. The SMILES string of the molecule is O=C(O)C(F)(F)F.O=C(O)C(F)(F)F.O=C(O)c1ncccc1OCC1CCCN1. The lowest BCUT2D eigenvalue weighted by atomic mass is 10.2. The van der Waals surface area contributed by atoms with Gasteiger partial charge < -0.3 is 25.4 Å². The lowest BCUT2D eigenvalue weighted by molar-refractivity contribution is -0.193. The lowest BCUT2D eigenvalue weighted by Crippen LogP contribution is -2.28. The van der Waals surface area contributed by atoms with Crippen molar-refractivity contribution >= 4 is 17.9 Å². The van der Waals surface area contributed by atoms with Crippen LogP contribution >= 0.6 is 0 Å². The summed E-state index contributed by atoms with van der Waals surface area (Å²) in [6.45, 7) is 1.50. The van der Waals surface area contributed by atoms with Crippen LogP contribution in [-0.4, -0.2) is 69.8 Å². The van der Waals surface area contributed by atoms with Crippen LogP contribution in [-0.2, 0) is 9.59 Å². The number of nitrogens with one attached hydrogen (secondary N) is 1. The molecule has 1 saturated heterocycles. The number of ether oxygens (including phenoxy) is 1. The Kier molecular flexibility index (Phi) is 10.6. The molecule has 0 spiro atoms. The van der Waals surface area contributed by atoms with E-state index in [1.54, 1.807) is 12.1 Å². The average molecular weight is 450 g/mol. The summed E-state index contributed by atoms with van der Waals surface area (Å²) in [5.74, 6) is -6.24. The molecule has 15 heteroatoms. The summed E-state index contributed by atoms with van der Waals surface area (Å²) in [7, 11) is 0. The fraction of sp³-hybridized carbons (Fsp3) is 0.467. The molecule has 2 heterocycles. The second kappa shape index (κ2) is 11.8. The Morgan fingerprint density at radius 3 is 1.93 bits per heavy atom. The fourth-order valence-electron chi connectivity index (χ4n) is 1.76. The van der Waals surface area contributed by atoms with Crippen LogP contribution < -0.4 is 10.1 Å². The molecule has 1 aromatic rings. The van der Waals surface area contributed by atoms with Crippen LogP contribution in [0.15, 0.2) is 18.3 Å². The van der Waals surface area contributed by atoms with Gasteiger partial charge in [-0.25, -0.2) is 19.4 Å². The zero-order valence-electron chi connectivity index (χ0n) is 14.8. The molecule has 1 fully saturated rings. The molecule has 170 valence electrons. The van der Waals surface area contributed by atoms with Gasteiger partial charge in [0.2, 0.25) is 0 Å². The number of pyridine rings is 1. The van der Waals surface area contributed by atoms with Gasteiger partial charge in [-0.1, -0.05) is 0 Å². The summed E-state index contributed by atoms with van der Waals surface area (Å²) in [6, 6.07) is 3.62. The highest BCUT2D eigenvalue weighted by Crippen LogP contribution is 2.17. The molecule has 0 radical (unpaired) electrons. The Balaban J connectivity index is 0.000000503. The maximum absolute atomic E-state index is 10.9. The number of aromatic nitrogens is 1. The van der Waals surface area contributed by atoms with E-state index >= 15 is 0 Å². The second-order valence-corrected chi connectivity index (χ2v) is 5.37. The monoisotopic (exact) mass is 450 g/mol. The van der Waals surface area contributed by atoms with Crippen LogP contribution in [0.2, 0.25) is 0 Å². The Labute approximate surface area is 164 Å². The van der Waals surface area contributed by atoms with Crippen LogP contribution in [0.1, 0.15) is 23.3 Å². The first-order valence-corrected chi connectivity index (χ1v) is 7.81. The molecule has 1 unspecified atom stereocenters. The van der Waals surface area contributed by atoms with E-state index in [-0.39, 0.29) is 5.69 Å². The summed E-state index contributed by atoms with van der Waals surface area (Å²) < 4.78 is 68.9. The number of halogens is 6. The minimum absolute atomic E-state index is 0.0273. The maximum Gasteiger partial charge on any atom is 0.490 e. The van der Waals surface area contributed by atoms with E-state index < -0.39 is 30.3 Å². The smallest absolute Gasteiger partial charge is 0.489 e. The molecular weight excluding hydrogens is 434 g/mol. The van der Waals surface area contributed by atoms with Gasteiger partial charge in [0.05, 0.1) is 0 Å². The molecule has 1 aromatic heterocycles. The van der Waals surface area contributed by atoms with E-state index in [4.69, 9.17) is 29.6 Å². The molecule has 0 saturated carbocycles. The van der Waals surface area contributed by atoms with Crippen molar-refractivity contribution in [2.75, 3.05) is 13.2 Å². The molecule has 0 aliphatic carbocycles. The van der Waals surface area contributed by atoms with Crippen molar-refractivity contribution in [1.29, 1.82) is 0 Å². The minimum atomic E-state index is -5.08. The number of aromatic carboxylic acids is 1. The summed E-state index contributed by atoms with van der Waals surface area (Å²) in [4.78, 5) is 32.4. The molecule has 1 aliphatic heterocycles. The predicted octanol–water partition coefficient (Wildman–Crippen LogP) is 2.18. The van der Waals surface area contributed by atoms with Gasteiger partial charge in [0.25, 0.3) is 0 Å². The highest BCUT2D eigenvalue weighted by atomic mass is 19.4. The highest BCUT2D eigenvalue weighted by molar-refractivity contribution is 5.88. The van der Waals surface area contributed by atoms with Crippen molar-refractivity contribution in [2.24, 2.45) is 0 Å².